The van der Waals surface area contributed by atoms with Gasteiger partial charge in [0, 0.05) is 11.7 Å². The maximum atomic E-state index is 12.7. The van der Waals surface area contributed by atoms with Gasteiger partial charge in [-0.1, -0.05) is 12.1 Å². The molecule has 0 radical (unpaired) electrons. The molecule has 0 aliphatic carbocycles. The lowest BCUT2D eigenvalue weighted by atomic mass is 10.1. The zero-order chi connectivity index (χ0) is 18.0. The molecule has 0 bridgehead atoms. The van der Waals surface area contributed by atoms with Crippen LogP contribution in [-0.2, 0) is 10.0 Å². The molecule has 2 rings (SSSR count). The zero-order valence-electron chi connectivity index (χ0n) is 14.1. The lowest BCUT2D eigenvalue weighted by Gasteiger charge is -2.21. The SMILES string of the molecule is Cc1cncc(NS(=O)(=O)c2ccccc2C(=O)NC(C)(C)C)c1. The van der Waals surface area contributed by atoms with Crippen molar-refractivity contribution in [1.82, 2.24) is 10.3 Å². The third-order valence-corrected chi connectivity index (χ3v) is 4.48. The van der Waals surface area contributed by atoms with Gasteiger partial charge in [-0.2, -0.15) is 0 Å². The maximum Gasteiger partial charge on any atom is 0.262 e. The third kappa shape index (κ3) is 4.55. The Hall–Kier alpha value is -2.41. The molecular weight excluding hydrogens is 326 g/mol. The van der Waals surface area contributed by atoms with Crippen molar-refractivity contribution in [2.45, 2.75) is 38.1 Å². The molecule has 6 nitrogen and oxygen atoms in total. The first-order valence-corrected chi connectivity index (χ1v) is 8.93. The molecule has 1 amide bonds. The second kappa shape index (κ2) is 6.60. The highest BCUT2D eigenvalue weighted by molar-refractivity contribution is 7.92. The van der Waals surface area contributed by atoms with Crippen LogP contribution in [0.25, 0.3) is 0 Å². The van der Waals surface area contributed by atoms with Crippen molar-refractivity contribution in [3.8, 4) is 0 Å². The van der Waals surface area contributed by atoms with Crippen LogP contribution in [0, 0.1) is 6.92 Å². The van der Waals surface area contributed by atoms with Crippen LogP contribution < -0.4 is 10.0 Å². The number of anilines is 1. The third-order valence-electron chi connectivity index (χ3n) is 3.04. The fraction of sp³-hybridized carbons (Fsp3) is 0.294. The van der Waals surface area contributed by atoms with Gasteiger partial charge in [-0.15, -0.1) is 0 Å². The van der Waals surface area contributed by atoms with Gasteiger partial charge in [0.2, 0.25) is 0 Å². The van der Waals surface area contributed by atoms with Crippen molar-refractivity contribution in [2.75, 3.05) is 4.72 Å². The fourth-order valence-corrected chi connectivity index (χ4v) is 3.36. The topological polar surface area (TPSA) is 88.2 Å². The summed E-state index contributed by atoms with van der Waals surface area (Å²) >= 11 is 0. The number of amides is 1. The number of hydrogen-bond donors (Lipinski definition) is 2. The van der Waals surface area contributed by atoms with Gasteiger partial charge >= 0.3 is 0 Å². The van der Waals surface area contributed by atoms with Crippen molar-refractivity contribution >= 4 is 21.6 Å². The summed E-state index contributed by atoms with van der Waals surface area (Å²) in [6.45, 7) is 7.31. The predicted molar refractivity (Wildman–Crippen MR) is 93.4 cm³/mol. The van der Waals surface area contributed by atoms with E-state index >= 15 is 0 Å². The Balaban J connectivity index is 2.39. The van der Waals surface area contributed by atoms with E-state index in [2.05, 4.69) is 15.0 Å². The van der Waals surface area contributed by atoms with Crippen LogP contribution in [-0.4, -0.2) is 24.8 Å². The summed E-state index contributed by atoms with van der Waals surface area (Å²) in [5.74, 6) is -0.439. The monoisotopic (exact) mass is 347 g/mol. The van der Waals surface area contributed by atoms with Crippen LogP contribution in [0.5, 0.6) is 0 Å². The summed E-state index contributed by atoms with van der Waals surface area (Å²) in [6.07, 6.45) is 3.05. The second-order valence-corrected chi connectivity index (χ2v) is 8.21. The van der Waals surface area contributed by atoms with Crippen LogP contribution in [0.4, 0.5) is 5.69 Å². The molecule has 0 unspecified atom stereocenters. The average molecular weight is 347 g/mol. The first-order valence-electron chi connectivity index (χ1n) is 7.44. The molecule has 0 saturated heterocycles. The number of nitrogens with zero attached hydrogens (tertiary/aromatic N) is 1. The number of aryl methyl sites for hydroxylation is 1. The molecule has 1 aromatic carbocycles. The number of sulfonamides is 1. The van der Waals surface area contributed by atoms with Crippen molar-refractivity contribution in [3.05, 3.63) is 53.9 Å². The van der Waals surface area contributed by atoms with Crippen LogP contribution in [0.1, 0.15) is 36.7 Å². The van der Waals surface area contributed by atoms with Crippen molar-refractivity contribution in [3.63, 3.8) is 0 Å². The highest BCUT2D eigenvalue weighted by Gasteiger charge is 2.24. The predicted octanol–water partition coefficient (Wildman–Crippen LogP) is 2.72. The first-order chi connectivity index (χ1) is 11.1. The molecule has 1 aromatic heterocycles. The first kappa shape index (κ1) is 17.9. The van der Waals surface area contributed by atoms with E-state index in [1.165, 1.54) is 18.3 Å². The maximum absolute atomic E-state index is 12.7. The summed E-state index contributed by atoms with van der Waals surface area (Å²) in [4.78, 5) is 16.3. The van der Waals surface area contributed by atoms with Crippen LogP contribution in [0.15, 0.2) is 47.6 Å². The Labute approximate surface area is 142 Å². The number of benzene rings is 1. The largest absolute Gasteiger partial charge is 0.347 e. The minimum atomic E-state index is -3.91. The number of rotatable bonds is 4. The van der Waals surface area contributed by atoms with Gasteiger partial charge in [0.25, 0.3) is 15.9 Å². The molecule has 0 spiro atoms. The average Bonchev–Trinajstić information content (AvgIpc) is 2.45. The number of aromatic nitrogens is 1. The summed E-state index contributed by atoms with van der Waals surface area (Å²) < 4.78 is 27.8. The summed E-state index contributed by atoms with van der Waals surface area (Å²) in [5.41, 5.74) is 0.803. The molecule has 1 heterocycles. The second-order valence-electron chi connectivity index (χ2n) is 6.56. The Morgan fingerprint density at radius 2 is 1.79 bits per heavy atom. The van der Waals surface area contributed by atoms with Gasteiger partial charge in [0.15, 0.2) is 0 Å². The molecule has 7 heteroatoms. The Morgan fingerprint density at radius 3 is 2.42 bits per heavy atom. The van der Waals surface area contributed by atoms with E-state index in [1.807, 2.05) is 27.7 Å². The number of pyridine rings is 1. The van der Waals surface area contributed by atoms with Crippen LogP contribution in [0.2, 0.25) is 0 Å². The lowest BCUT2D eigenvalue weighted by molar-refractivity contribution is 0.0916. The Bertz CT molecular complexity index is 855. The molecule has 24 heavy (non-hydrogen) atoms. The van der Waals surface area contributed by atoms with Gasteiger partial charge in [-0.25, -0.2) is 8.42 Å². The lowest BCUT2D eigenvalue weighted by Crippen LogP contribution is -2.41. The molecule has 0 fully saturated rings. The molecule has 0 saturated carbocycles. The van der Waals surface area contributed by atoms with E-state index in [0.717, 1.165) is 5.56 Å². The molecular formula is C17H21N3O3S. The number of carbonyl (C=O) groups excluding carboxylic acids is 1. The standard InChI is InChI=1S/C17H21N3O3S/c1-12-9-13(11-18-10-12)20-24(22,23)15-8-6-5-7-14(15)16(21)19-17(2,3)4/h5-11,20H,1-4H3,(H,19,21). The van der Waals surface area contributed by atoms with Gasteiger partial charge in [-0.05, 0) is 51.5 Å². The summed E-state index contributed by atoms with van der Waals surface area (Å²) in [5, 5.41) is 2.78. The van der Waals surface area contributed by atoms with Crippen LogP contribution >= 0.6 is 0 Å². The van der Waals surface area contributed by atoms with E-state index in [9.17, 15) is 13.2 Å². The molecule has 128 valence electrons. The molecule has 2 N–H and O–H groups in total. The number of nitrogens with one attached hydrogen (secondary N) is 2. The molecule has 0 atom stereocenters. The summed E-state index contributed by atoms with van der Waals surface area (Å²) in [6, 6.07) is 7.78. The van der Waals surface area contributed by atoms with Crippen molar-refractivity contribution < 1.29 is 13.2 Å². The minimum absolute atomic E-state index is 0.0757. The number of carbonyl (C=O) groups is 1. The Morgan fingerprint density at radius 1 is 1.12 bits per heavy atom. The molecule has 2 aromatic rings. The molecule has 0 aliphatic heterocycles. The van der Waals surface area contributed by atoms with E-state index in [0.29, 0.717) is 5.69 Å². The minimum Gasteiger partial charge on any atom is -0.347 e. The van der Waals surface area contributed by atoms with E-state index < -0.39 is 21.5 Å². The number of hydrogen-bond acceptors (Lipinski definition) is 4. The smallest absolute Gasteiger partial charge is 0.262 e. The van der Waals surface area contributed by atoms with E-state index in [4.69, 9.17) is 0 Å². The van der Waals surface area contributed by atoms with Gasteiger partial charge in [-0.3, -0.25) is 14.5 Å². The molecule has 0 aliphatic rings. The highest BCUT2D eigenvalue weighted by atomic mass is 32.2. The van der Waals surface area contributed by atoms with Gasteiger partial charge in [0.1, 0.15) is 4.90 Å². The normalized spacial score (nSPS) is 11.8. The van der Waals surface area contributed by atoms with Crippen molar-refractivity contribution in [1.29, 1.82) is 0 Å². The van der Waals surface area contributed by atoms with Crippen LogP contribution in [0.3, 0.4) is 0 Å². The Kier molecular flexibility index (Phi) is 4.94. The van der Waals surface area contributed by atoms with Gasteiger partial charge in [0.05, 0.1) is 17.4 Å². The van der Waals surface area contributed by atoms with E-state index in [1.54, 1.807) is 24.4 Å². The fourth-order valence-electron chi connectivity index (χ4n) is 2.12. The van der Waals surface area contributed by atoms with Gasteiger partial charge < -0.3 is 5.32 Å². The van der Waals surface area contributed by atoms with E-state index in [-0.39, 0.29) is 10.5 Å². The quantitative estimate of drug-likeness (QED) is 0.890. The highest BCUT2D eigenvalue weighted by Crippen LogP contribution is 2.20. The summed E-state index contributed by atoms with van der Waals surface area (Å²) in [7, 11) is -3.91. The van der Waals surface area contributed by atoms with Crippen molar-refractivity contribution in [2.24, 2.45) is 0 Å². The zero-order valence-corrected chi connectivity index (χ0v) is 14.9.